The molecule has 272 valence electrons. The second kappa shape index (κ2) is 14.8. The van der Waals surface area contributed by atoms with Gasteiger partial charge in [0.25, 0.3) is 5.56 Å². The normalized spacial score (nSPS) is 21.0. The minimum Gasteiger partial charge on any atom is -0.497 e. The number of hydrogen-bond donors (Lipinski definition) is 2. The zero-order valence-electron chi connectivity index (χ0n) is 30.8. The Labute approximate surface area is 300 Å². The summed E-state index contributed by atoms with van der Waals surface area (Å²) in [5.74, 6) is 1.37. The molecule has 2 heterocycles. The van der Waals surface area contributed by atoms with Crippen LogP contribution >= 0.6 is 0 Å². The summed E-state index contributed by atoms with van der Waals surface area (Å²) in [7, 11) is 0.637. The predicted molar refractivity (Wildman–Crippen MR) is 200 cm³/mol. The Morgan fingerprint density at radius 2 is 1.45 bits per heavy atom. The minimum atomic E-state index is -2.60. The second-order valence-corrected chi connectivity index (χ2v) is 19.3. The maximum Gasteiger partial charge on any atom is 0.330 e. The van der Waals surface area contributed by atoms with Crippen molar-refractivity contribution in [1.29, 1.82) is 0 Å². The number of aliphatic hydroxyl groups is 1. The highest BCUT2D eigenvalue weighted by molar-refractivity contribution is 6.74. The first-order valence-corrected chi connectivity index (χ1v) is 20.0. The van der Waals surface area contributed by atoms with Crippen molar-refractivity contribution in [2.24, 2.45) is 0 Å². The Morgan fingerprint density at radius 1 is 0.922 bits per heavy atom. The molecular formula is C40H50N2O8Si. The fourth-order valence-electron chi connectivity index (χ4n) is 6.37. The molecule has 10 nitrogen and oxygen atoms in total. The van der Waals surface area contributed by atoms with E-state index in [1.54, 1.807) is 27.2 Å². The van der Waals surface area contributed by atoms with Gasteiger partial charge in [-0.1, -0.05) is 81.4 Å². The van der Waals surface area contributed by atoms with Crippen LogP contribution in [-0.4, -0.2) is 61.6 Å². The summed E-state index contributed by atoms with van der Waals surface area (Å²) in [5, 5.41) is 12.6. The molecule has 5 rings (SSSR count). The van der Waals surface area contributed by atoms with Crippen molar-refractivity contribution in [2.75, 3.05) is 20.8 Å². The van der Waals surface area contributed by atoms with Gasteiger partial charge in [-0.25, -0.2) is 4.79 Å². The van der Waals surface area contributed by atoms with Gasteiger partial charge in [0.1, 0.15) is 34.9 Å². The summed E-state index contributed by atoms with van der Waals surface area (Å²) in [5.41, 5.74) is -1.28. The first kappa shape index (κ1) is 38.0. The number of hydrogen-bond acceptors (Lipinski definition) is 8. The van der Waals surface area contributed by atoms with Crippen molar-refractivity contribution < 1.29 is 28.5 Å². The molecule has 0 aliphatic carbocycles. The van der Waals surface area contributed by atoms with Crippen LogP contribution in [0.25, 0.3) is 0 Å². The van der Waals surface area contributed by atoms with Gasteiger partial charge in [-0.15, -0.1) is 6.58 Å². The summed E-state index contributed by atoms with van der Waals surface area (Å²) in [6.45, 7) is 15.9. The Morgan fingerprint density at radius 3 is 1.94 bits per heavy atom. The summed E-state index contributed by atoms with van der Waals surface area (Å²) in [6, 6.07) is 25.2. The third kappa shape index (κ3) is 7.27. The number of methoxy groups -OCH3 is 2. The zero-order chi connectivity index (χ0) is 37.2. The third-order valence-corrected chi connectivity index (χ3v) is 14.8. The molecule has 2 N–H and O–H groups in total. The molecule has 0 radical (unpaired) electrons. The van der Waals surface area contributed by atoms with Crippen LogP contribution in [0.1, 0.15) is 55.7 Å². The van der Waals surface area contributed by atoms with Crippen LogP contribution in [-0.2, 0) is 19.5 Å². The number of nitrogens with zero attached hydrogens (tertiary/aromatic N) is 1. The highest BCUT2D eigenvalue weighted by atomic mass is 28.4. The van der Waals surface area contributed by atoms with E-state index in [1.807, 2.05) is 78.9 Å². The first-order valence-electron chi connectivity index (χ1n) is 17.1. The topological polar surface area (TPSA) is 121 Å². The number of H-pyrrole nitrogens is 1. The van der Waals surface area contributed by atoms with E-state index < -0.39 is 49.2 Å². The lowest BCUT2D eigenvalue weighted by atomic mass is 9.79. The van der Waals surface area contributed by atoms with Gasteiger partial charge in [-0.05, 0) is 72.4 Å². The summed E-state index contributed by atoms with van der Waals surface area (Å²) in [6.07, 6.45) is 0.0500. The molecule has 4 atom stereocenters. The molecule has 1 aliphatic rings. The first-order chi connectivity index (χ1) is 24.1. The molecule has 51 heavy (non-hydrogen) atoms. The molecule has 3 aromatic carbocycles. The molecule has 0 amide bonds. The lowest BCUT2D eigenvalue weighted by Crippen LogP contribution is -2.56. The fourth-order valence-corrected chi connectivity index (χ4v) is 7.67. The van der Waals surface area contributed by atoms with Crippen LogP contribution in [0.5, 0.6) is 11.5 Å². The number of benzene rings is 3. The highest BCUT2D eigenvalue weighted by Crippen LogP contribution is 2.48. The Hall–Kier alpha value is -4.26. The Bertz CT molecular complexity index is 1870. The van der Waals surface area contributed by atoms with Crippen LogP contribution in [0.15, 0.2) is 107 Å². The lowest BCUT2D eigenvalue weighted by molar-refractivity contribution is -0.123. The minimum absolute atomic E-state index is 0.0807. The van der Waals surface area contributed by atoms with Crippen LogP contribution in [0.2, 0.25) is 18.1 Å². The van der Waals surface area contributed by atoms with E-state index in [9.17, 15) is 14.7 Å². The standard InChI is InChI=1S/C40H50N2O8Si/c1-10-24-39(45)33(49-36(34(39)50-51(8,9)38(3,4)5)42-25-27(2)35(43)41-37(42)44)26-48-40(28-14-12-11-13-15-28,29-16-20-31(46-6)21-17-29)30-18-22-32(47-7)23-19-30/h10-23,25,33-34,36,45H,1,24,26H2,2-9H3,(H,41,43,44)/t33-,34+,36-,39-/m1/s1. The molecule has 1 aliphatic heterocycles. The maximum absolute atomic E-state index is 13.4. The van der Waals surface area contributed by atoms with Crippen molar-refractivity contribution in [3.05, 3.63) is 141 Å². The summed E-state index contributed by atoms with van der Waals surface area (Å²) < 4.78 is 33.2. The molecule has 1 fully saturated rings. The van der Waals surface area contributed by atoms with Gasteiger partial charge >= 0.3 is 5.69 Å². The third-order valence-electron chi connectivity index (χ3n) is 10.4. The molecular weight excluding hydrogens is 665 g/mol. The molecule has 1 saturated heterocycles. The molecule has 11 heteroatoms. The molecule has 1 aromatic heterocycles. The van der Waals surface area contributed by atoms with Gasteiger partial charge in [0.2, 0.25) is 0 Å². The number of ether oxygens (including phenoxy) is 4. The van der Waals surface area contributed by atoms with Crippen LogP contribution < -0.4 is 20.7 Å². The van der Waals surface area contributed by atoms with E-state index in [1.165, 1.54) is 10.8 Å². The number of aromatic amines is 1. The maximum atomic E-state index is 13.4. The number of rotatable bonds is 13. The average Bonchev–Trinajstić information content (AvgIpc) is 3.36. The van der Waals surface area contributed by atoms with Gasteiger partial charge < -0.3 is 28.5 Å². The van der Waals surface area contributed by atoms with E-state index in [4.69, 9.17) is 23.4 Å². The Balaban J connectivity index is 1.69. The van der Waals surface area contributed by atoms with Gasteiger partial charge in [-0.3, -0.25) is 14.3 Å². The van der Waals surface area contributed by atoms with Crippen molar-refractivity contribution in [3.8, 4) is 11.5 Å². The van der Waals surface area contributed by atoms with Gasteiger partial charge in [0.05, 0.1) is 20.8 Å². The van der Waals surface area contributed by atoms with E-state index in [0.29, 0.717) is 17.1 Å². The predicted octanol–water partition coefficient (Wildman–Crippen LogP) is 6.47. The van der Waals surface area contributed by atoms with Crippen LogP contribution in [0, 0.1) is 6.92 Å². The molecule has 4 aromatic rings. The van der Waals surface area contributed by atoms with Gasteiger partial charge in [0, 0.05) is 11.8 Å². The van der Waals surface area contributed by atoms with E-state index >= 15 is 0 Å². The number of nitrogens with one attached hydrogen (secondary N) is 1. The zero-order valence-corrected chi connectivity index (χ0v) is 31.8. The molecule has 0 spiro atoms. The van der Waals surface area contributed by atoms with Gasteiger partial charge in [-0.2, -0.15) is 0 Å². The smallest absolute Gasteiger partial charge is 0.330 e. The number of aromatic nitrogens is 2. The van der Waals surface area contributed by atoms with Crippen molar-refractivity contribution >= 4 is 8.32 Å². The summed E-state index contributed by atoms with van der Waals surface area (Å²) in [4.78, 5) is 28.2. The fraction of sp³-hybridized carbons (Fsp3) is 0.400. The second-order valence-electron chi connectivity index (χ2n) is 14.6. The molecule has 0 unspecified atom stereocenters. The average molecular weight is 715 g/mol. The monoisotopic (exact) mass is 714 g/mol. The quantitative estimate of drug-likeness (QED) is 0.0920. The van der Waals surface area contributed by atoms with Crippen LogP contribution in [0.4, 0.5) is 0 Å². The highest BCUT2D eigenvalue weighted by Gasteiger charge is 2.60. The van der Waals surface area contributed by atoms with E-state index in [2.05, 4.69) is 45.4 Å². The lowest BCUT2D eigenvalue weighted by Gasteiger charge is -2.43. The van der Waals surface area contributed by atoms with Gasteiger partial charge in [0.15, 0.2) is 14.5 Å². The Kier molecular flexibility index (Phi) is 11.0. The van der Waals surface area contributed by atoms with E-state index in [-0.39, 0.29) is 18.1 Å². The summed E-state index contributed by atoms with van der Waals surface area (Å²) >= 11 is 0. The van der Waals surface area contributed by atoms with Crippen LogP contribution in [0.3, 0.4) is 0 Å². The van der Waals surface area contributed by atoms with Crippen molar-refractivity contribution in [3.63, 3.8) is 0 Å². The SMILES string of the molecule is C=CC[C@@]1(O)[C@@H](COC(c2ccccc2)(c2ccc(OC)cc2)c2ccc(OC)cc2)O[C@@H](n2cc(C)c(=O)[nH]c2=O)[C@@H]1O[Si](C)(C)C(C)(C)C. The van der Waals surface area contributed by atoms with Crippen molar-refractivity contribution in [2.45, 2.75) is 81.9 Å². The molecule has 0 bridgehead atoms. The molecule has 0 saturated carbocycles. The largest absolute Gasteiger partial charge is 0.497 e. The van der Waals surface area contributed by atoms with E-state index in [0.717, 1.165) is 16.7 Å². The van der Waals surface area contributed by atoms with Crippen molar-refractivity contribution in [1.82, 2.24) is 9.55 Å². The number of aryl methyl sites for hydroxylation is 1.